The van der Waals surface area contributed by atoms with Gasteiger partial charge in [-0.3, -0.25) is 4.79 Å². The van der Waals surface area contributed by atoms with Gasteiger partial charge in [-0.1, -0.05) is 35.9 Å². The fourth-order valence-electron chi connectivity index (χ4n) is 2.19. The molecule has 3 aromatic rings. The first-order valence-corrected chi connectivity index (χ1v) is 11.2. The first-order chi connectivity index (χ1) is 13.0. The molecule has 0 aliphatic heterocycles. The van der Waals surface area contributed by atoms with E-state index in [1.807, 2.05) is 47.8 Å². The van der Waals surface area contributed by atoms with Gasteiger partial charge in [0.1, 0.15) is 12.4 Å². The Labute approximate surface area is 193 Å². The molecule has 0 aliphatic rings. The maximum Gasteiger partial charge on any atom is 0.281 e. The predicted octanol–water partition coefficient (Wildman–Crippen LogP) is 5.95. The van der Waals surface area contributed by atoms with Crippen molar-refractivity contribution in [1.82, 2.24) is 5.43 Å². The summed E-state index contributed by atoms with van der Waals surface area (Å²) in [6, 6.07) is 15.1. The zero-order valence-corrected chi connectivity index (χ0v) is 19.7. The molecular weight excluding hydrogens is 610 g/mol. The molecule has 0 spiro atoms. The summed E-state index contributed by atoms with van der Waals surface area (Å²) in [4.78, 5) is 12.5. The Bertz CT molecular complexity index is 955. The van der Waals surface area contributed by atoms with Crippen LogP contribution in [0, 0.1) is 7.14 Å². The molecular formula is C19H13ClI2N2O2S. The van der Waals surface area contributed by atoms with Crippen molar-refractivity contribution in [2.24, 2.45) is 5.10 Å². The van der Waals surface area contributed by atoms with Crippen molar-refractivity contribution >= 4 is 80.2 Å². The highest BCUT2D eigenvalue weighted by atomic mass is 127. The fraction of sp³-hybridized carbons (Fsp3) is 0.0526. The van der Waals surface area contributed by atoms with Crippen LogP contribution in [0.4, 0.5) is 0 Å². The van der Waals surface area contributed by atoms with Gasteiger partial charge in [0.15, 0.2) is 0 Å². The van der Waals surface area contributed by atoms with Gasteiger partial charge in [0.2, 0.25) is 0 Å². The van der Waals surface area contributed by atoms with Gasteiger partial charge in [0.25, 0.3) is 5.91 Å². The third-order valence-electron chi connectivity index (χ3n) is 3.48. The SMILES string of the molecule is O=C(N/N=C\c1cc(I)c(OCc2ccccc2Cl)c(I)c1)c1cccs1. The molecule has 0 fully saturated rings. The van der Waals surface area contributed by atoms with Gasteiger partial charge in [0.05, 0.1) is 18.2 Å². The zero-order valence-electron chi connectivity index (χ0n) is 13.8. The second kappa shape index (κ2) is 9.85. The molecule has 1 N–H and O–H groups in total. The lowest BCUT2D eigenvalue weighted by Gasteiger charge is -2.12. The minimum absolute atomic E-state index is 0.217. The molecule has 1 aromatic heterocycles. The lowest BCUT2D eigenvalue weighted by atomic mass is 10.2. The number of carbonyl (C=O) groups is 1. The summed E-state index contributed by atoms with van der Waals surface area (Å²) in [7, 11) is 0. The van der Waals surface area contributed by atoms with Gasteiger partial charge in [-0.25, -0.2) is 5.43 Å². The van der Waals surface area contributed by atoms with Crippen molar-refractivity contribution in [2.45, 2.75) is 6.61 Å². The summed E-state index contributed by atoms with van der Waals surface area (Å²) in [5.41, 5.74) is 4.34. The van der Waals surface area contributed by atoms with Crippen LogP contribution in [0.3, 0.4) is 0 Å². The molecule has 27 heavy (non-hydrogen) atoms. The van der Waals surface area contributed by atoms with E-state index in [0.29, 0.717) is 16.5 Å². The van der Waals surface area contributed by atoms with Crippen LogP contribution in [0.1, 0.15) is 20.8 Å². The van der Waals surface area contributed by atoms with E-state index in [1.165, 1.54) is 11.3 Å². The van der Waals surface area contributed by atoms with Crippen molar-refractivity contribution in [1.29, 1.82) is 0 Å². The summed E-state index contributed by atoms with van der Waals surface area (Å²) in [6.45, 7) is 0.399. The molecule has 2 aromatic carbocycles. The molecule has 0 unspecified atom stereocenters. The van der Waals surface area contributed by atoms with E-state index >= 15 is 0 Å². The second-order valence-electron chi connectivity index (χ2n) is 5.37. The lowest BCUT2D eigenvalue weighted by Crippen LogP contribution is -2.16. The Morgan fingerprint density at radius 2 is 1.93 bits per heavy atom. The van der Waals surface area contributed by atoms with Crippen LogP contribution >= 0.6 is 68.1 Å². The van der Waals surface area contributed by atoms with Crippen molar-refractivity contribution in [3.63, 3.8) is 0 Å². The number of halogens is 3. The first kappa shape index (κ1) is 20.6. The Morgan fingerprint density at radius 3 is 2.59 bits per heavy atom. The molecule has 0 bridgehead atoms. The molecule has 1 heterocycles. The Balaban J connectivity index is 1.66. The van der Waals surface area contributed by atoms with E-state index < -0.39 is 0 Å². The third kappa shape index (κ3) is 5.66. The number of ether oxygens (including phenoxy) is 1. The quantitative estimate of drug-likeness (QED) is 0.210. The number of rotatable bonds is 6. The van der Waals surface area contributed by atoms with E-state index in [-0.39, 0.29) is 5.91 Å². The maximum atomic E-state index is 11.9. The average molecular weight is 623 g/mol. The fourth-order valence-corrected chi connectivity index (χ4v) is 5.12. The molecule has 0 aliphatic carbocycles. The van der Waals surface area contributed by atoms with Crippen LogP contribution in [0.25, 0.3) is 0 Å². The highest BCUT2D eigenvalue weighted by molar-refractivity contribution is 14.1. The molecule has 0 saturated carbocycles. The minimum Gasteiger partial charge on any atom is -0.487 e. The van der Waals surface area contributed by atoms with Crippen molar-refractivity contribution in [2.75, 3.05) is 0 Å². The second-order valence-corrected chi connectivity index (χ2v) is 9.05. The molecule has 3 rings (SSSR count). The number of amides is 1. The third-order valence-corrected chi connectivity index (χ3v) is 6.32. The van der Waals surface area contributed by atoms with Crippen molar-refractivity contribution < 1.29 is 9.53 Å². The number of benzene rings is 2. The van der Waals surface area contributed by atoms with Gasteiger partial charge < -0.3 is 4.74 Å². The monoisotopic (exact) mass is 622 g/mol. The van der Waals surface area contributed by atoms with Gasteiger partial charge >= 0.3 is 0 Å². The van der Waals surface area contributed by atoms with Crippen molar-refractivity contribution in [3.05, 3.63) is 82.1 Å². The highest BCUT2D eigenvalue weighted by Gasteiger charge is 2.10. The first-order valence-electron chi connectivity index (χ1n) is 7.77. The molecule has 1 amide bonds. The van der Waals surface area contributed by atoms with Crippen LogP contribution in [0.2, 0.25) is 5.02 Å². The maximum absolute atomic E-state index is 11.9. The molecule has 0 saturated heterocycles. The van der Waals surface area contributed by atoms with E-state index in [9.17, 15) is 4.79 Å². The van der Waals surface area contributed by atoms with Crippen LogP contribution in [0.5, 0.6) is 5.75 Å². The van der Waals surface area contributed by atoms with Gasteiger partial charge in [-0.15, -0.1) is 11.3 Å². The lowest BCUT2D eigenvalue weighted by molar-refractivity contribution is 0.0959. The summed E-state index contributed by atoms with van der Waals surface area (Å²) >= 11 is 12.0. The van der Waals surface area contributed by atoms with Crippen LogP contribution < -0.4 is 10.2 Å². The van der Waals surface area contributed by atoms with Crippen LogP contribution in [-0.4, -0.2) is 12.1 Å². The summed E-state index contributed by atoms with van der Waals surface area (Å²) in [5.74, 6) is 0.584. The molecule has 138 valence electrons. The topological polar surface area (TPSA) is 50.7 Å². The van der Waals surface area contributed by atoms with E-state index in [2.05, 4.69) is 55.7 Å². The standard InChI is InChI=1S/C19H13ClI2N2O2S/c20-14-5-2-1-4-13(14)11-26-18-15(21)8-12(9-16(18)22)10-23-24-19(25)17-6-3-7-27-17/h1-10H,11H2,(H,24,25)/b23-10-. The van der Waals surface area contributed by atoms with Gasteiger partial charge in [0, 0.05) is 10.6 Å². The number of hydrazone groups is 1. The minimum atomic E-state index is -0.217. The predicted molar refractivity (Wildman–Crippen MR) is 127 cm³/mol. The van der Waals surface area contributed by atoms with E-state index in [4.69, 9.17) is 16.3 Å². The highest BCUT2D eigenvalue weighted by Crippen LogP contribution is 2.30. The molecule has 8 heteroatoms. The number of carbonyl (C=O) groups excluding carboxylic acids is 1. The van der Waals surface area contributed by atoms with Crippen LogP contribution in [-0.2, 0) is 6.61 Å². The van der Waals surface area contributed by atoms with Gasteiger partial charge in [-0.2, -0.15) is 5.10 Å². The molecule has 0 radical (unpaired) electrons. The Hall–Kier alpha value is -1.17. The van der Waals surface area contributed by atoms with Gasteiger partial charge in [-0.05, 0) is 80.4 Å². The number of nitrogens with one attached hydrogen (secondary N) is 1. The molecule has 0 atom stereocenters. The Morgan fingerprint density at radius 1 is 1.19 bits per heavy atom. The summed E-state index contributed by atoms with van der Waals surface area (Å²) in [5, 5.41) is 6.57. The smallest absolute Gasteiger partial charge is 0.281 e. The van der Waals surface area contributed by atoms with Crippen LogP contribution in [0.15, 0.2) is 59.0 Å². The average Bonchev–Trinajstić information content (AvgIpc) is 3.17. The number of nitrogens with zero attached hydrogens (tertiary/aromatic N) is 1. The number of thiophene rings is 1. The normalized spacial score (nSPS) is 10.9. The number of hydrogen-bond acceptors (Lipinski definition) is 4. The summed E-state index contributed by atoms with van der Waals surface area (Å²) < 4.78 is 7.88. The number of hydrogen-bond donors (Lipinski definition) is 1. The van der Waals surface area contributed by atoms with E-state index in [0.717, 1.165) is 24.0 Å². The Kier molecular flexibility index (Phi) is 7.50. The summed E-state index contributed by atoms with van der Waals surface area (Å²) in [6.07, 6.45) is 1.62. The molecule has 4 nitrogen and oxygen atoms in total. The largest absolute Gasteiger partial charge is 0.487 e. The van der Waals surface area contributed by atoms with E-state index in [1.54, 1.807) is 12.3 Å². The van der Waals surface area contributed by atoms with Crippen molar-refractivity contribution in [3.8, 4) is 5.75 Å². The zero-order chi connectivity index (χ0) is 19.2.